The van der Waals surface area contributed by atoms with Gasteiger partial charge in [-0.15, -0.1) is 0 Å². The van der Waals surface area contributed by atoms with Crippen LogP contribution >= 0.6 is 0 Å². The average Bonchev–Trinajstić information content (AvgIpc) is 2.37. The SMILES string of the molecule is Cc1c(N)nc(C(C)(C)C)nc1NCCNC(=O)N(C)C. The van der Waals surface area contributed by atoms with E-state index in [-0.39, 0.29) is 11.4 Å². The van der Waals surface area contributed by atoms with Crippen molar-refractivity contribution in [3.63, 3.8) is 0 Å². The highest BCUT2D eigenvalue weighted by atomic mass is 16.2. The second-order valence-electron chi connectivity index (χ2n) is 6.21. The lowest BCUT2D eigenvalue weighted by Crippen LogP contribution is -2.37. The molecule has 0 atom stereocenters. The fourth-order valence-corrected chi connectivity index (χ4v) is 1.55. The third-order valence-corrected chi connectivity index (χ3v) is 2.95. The Labute approximate surface area is 126 Å². The van der Waals surface area contributed by atoms with E-state index in [0.29, 0.717) is 30.5 Å². The Morgan fingerprint density at radius 3 is 2.38 bits per heavy atom. The van der Waals surface area contributed by atoms with E-state index in [4.69, 9.17) is 5.73 Å². The molecule has 1 heterocycles. The van der Waals surface area contributed by atoms with Crippen molar-refractivity contribution in [3.8, 4) is 0 Å². The number of urea groups is 1. The summed E-state index contributed by atoms with van der Waals surface area (Å²) in [6.45, 7) is 9.07. The van der Waals surface area contributed by atoms with E-state index >= 15 is 0 Å². The molecule has 0 bridgehead atoms. The number of nitrogens with zero attached hydrogens (tertiary/aromatic N) is 3. The number of rotatable bonds is 4. The molecule has 0 saturated heterocycles. The summed E-state index contributed by atoms with van der Waals surface area (Å²) in [6, 6.07) is -0.119. The zero-order valence-corrected chi connectivity index (χ0v) is 13.7. The molecule has 0 spiro atoms. The molecule has 21 heavy (non-hydrogen) atoms. The Balaban J connectivity index is 2.71. The van der Waals surface area contributed by atoms with Gasteiger partial charge in [0.1, 0.15) is 17.5 Å². The van der Waals surface area contributed by atoms with E-state index in [1.54, 1.807) is 14.1 Å². The molecule has 0 aliphatic rings. The summed E-state index contributed by atoms with van der Waals surface area (Å²) >= 11 is 0. The van der Waals surface area contributed by atoms with Gasteiger partial charge in [0.15, 0.2) is 0 Å². The fraction of sp³-hybridized carbons (Fsp3) is 0.643. The number of carbonyl (C=O) groups excluding carboxylic acids is 1. The first-order valence-corrected chi connectivity index (χ1v) is 6.96. The molecule has 0 radical (unpaired) electrons. The minimum Gasteiger partial charge on any atom is -0.383 e. The maximum Gasteiger partial charge on any atom is 0.316 e. The van der Waals surface area contributed by atoms with E-state index in [2.05, 4.69) is 20.6 Å². The molecule has 1 aromatic rings. The number of aromatic nitrogens is 2. The van der Waals surface area contributed by atoms with Gasteiger partial charge in [-0.3, -0.25) is 0 Å². The Morgan fingerprint density at radius 1 is 1.24 bits per heavy atom. The van der Waals surface area contributed by atoms with Crippen molar-refractivity contribution < 1.29 is 4.79 Å². The van der Waals surface area contributed by atoms with Crippen LogP contribution < -0.4 is 16.4 Å². The number of hydrogen-bond acceptors (Lipinski definition) is 5. The fourth-order valence-electron chi connectivity index (χ4n) is 1.55. The van der Waals surface area contributed by atoms with Crippen LogP contribution in [0.1, 0.15) is 32.2 Å². The highest BCUT2D eigenvalue weighted by Gasteiger charge is 2.20. The van der Waals surface area contributed by atoms with Gasteiger partial charge in [-0.2, -0.15) is 0 Å². The van der Waals surface area contributed by atoms with E-state index in [1.807, 2.05) is 27.7 Å². The lowest BCUT2D eigenvalue weighted by atomic mass is 9.95. The van der Waals surface area contributed by atoms with Crippen molar-refractivity contribution in [1.82, 2.24) is 20.2 Å². The van der Waals surface area contributed by atoms with E-state index in [1.165, 1.54) is 4.90 Å². The number of carbonyl (C=O) groups is 1. The van der Waals surface area contributed by atoms with E-state index < -0.39 is 0 Å². The first kappa shape index (κ1) is 17.0. The van der Waals surface area contributed by atoms with Crippen molar-refractivity contribution in [2.24, 2.45) is 0 Å². The van der Waals surface area contributed by atoms with Gasteiger partial charge in [0.2, 0.25) is 0 Å². The number of amides is 2. The molecule has 0 fully saturated rings. The predicted molar refractivity (Wildman–Crippen MR) is 85.5 cm³/mol. The van der Waals surface area contributed by atoms with Crippen LogP contribution in [0.3, 0.4) is 0 Å². The number of anilines is 2. The molecule has 7 nitrogen and oxygen atoms in total. The number of hydrogen-bond donors (Lipinski definition) is 3. The zero-order chi connectivity index (χ0) is 16.2. The molecule has 0 aliphatic heterocycles. The van der Waals surface area contributed by atoms with E-state index in [9.17, 15) is 4.79 Å². The van der Waals surface area contributed by atoms with Crippen molar-refractivity contribution in [3.05, 3.63) is 11.4 Å². The van der Waals surface area contributed by atoms with Crippen LogP contribution in [0.15, 0.2) is 0 Å². The Hall–Kier alpha value is -2.05. The minimum atomic E-state index is -0.169. The molecule has 4 N–H and O–H groups in total. The maximum absolute atomic E-state index is 11.4. The van der Waals surface area contributed by atoms with Gasteiger partial charge < -0.3 is 21.3 Å². The summed E-state index contributed by atoms with van der Waals surface area (Å²) in [5.41, 5.74) is 6.59. The first-order valence-electron chi connectivity index (χ1n) is 6.96. The van der Waals surface area contributed by atoms with Gasteiger partial charge in [0, 0.05) is 38.2 Å². The molecule has 2 amide bonds. The molecular weight excluding hydrogens is 268 g/mol. The third kappa shape index (κ3) is 4.77. The standard InChI is InChI=1S/C14H26N6O/c1-9-10(15)18-12(14(2,3)4)19-11(9)16-7-8-17-13(21)20(5)6/h7-8H2,1-6H3,(H,17,21)(H3,15,16,18,19). The topological polar surface area (TPSA) is 96.2 Å². The van der Waals surface area contributed by atoms with Crippen LogP contribution in [0.25, 0.3) is 0 Å². The molecule has 0 aromatic carbocycles. The summed E-state index contributed by atoms with van der Waals surface area (Å²) in [5.74, 6) is 1.90. The Morgan fingerprint density at radius 2 is 1.86 bits per heavy atom. The molecule has 1 aromatic heterocycles. The van der Waals surface area contributed by atoms with Crippen LogP contribution in [-0.2, 0) is 5.41 Å². The summed E-state index contributed by atoms with van der Waals surface area (Å²) in [4.78, 5) is 21.8. The molecule has 118 valence electrons. The second kappa shape index (κ2) is 6.60. The van der Waals surface area contributed by atoms with Gasteiger partial charge in [-0.25, -0.2) is 14.8 Å². The Bertz CT molecular complexity index is 507. The monoisotopic (exact) mass is 294 g/mol. The number of nitrogen functional groups attached to an aromatic ring is 1. The highest BCUT2D eigenvalue weighted by Crippen LogP contribution is 2.24. The quantitative estimate of drug-likeness (QED) is 0.728. The maximum atomic E-state index is 11.4. The first-order chi connectivity index (χ1) is 9.62. The minimum absolute atomic E-state index is 0.119. The summed E-state index contributed by atoms with van der Waals surface area (Å²) < 4.78 is 0. The largest absolute Gasteiger partial charge is 0.383 e. The Kier molecular flexibility index (Phi) is 5.34. The van der Waals surface area contributed by atoms with Gasteiger partial charge in [-0.1, -0.05) is 20.8 Å². The van der Waals surface area contributed by atoms with Crippen LogP contribution in [0, 0.1) is 6.92 Å². The molecular formula is C14H26N6O. The van der Waals surface area contributed by atoms with Crippen LogP contribution in [-0.4, -0.2) is 48.1 Å². The van der Waals surface area contributed by atoms with Gasteiger partial charge in [0.05, 0.1) is 0 Å². The van der Waals surface area contributed by atoms with Crippen molar-refractivity contribution >= 4 is 17.7 Å². The second-order valence-corrected chi connectivity index (χ2v) is 6.21. The van der Waals surface area contributed by atoms with Crippen LogP contribution in [0.5, 0.6) is 0 Å². The predicted octanol–water partition coefficient (Wildman–Crippen LogP) is 1.35. The van der Waals surface area contributed by atoms with Gasteiger partial charge in [-0.05, 0) is 6.92 Å². The lowest BCUT2D eigenvalue weighted by Gasteiger charge is -2.20. The summed E-state index contributed by atoms with van der Waals surface area (Å²) in [7, 11) is 3.40. The van der Waals surface area contributed by atoms with Crippen molar-refractivity contribution in [2.75, 3.05) is 38.2 Å². The molecule has 0 saturated carbocycles. The van der Waals surface area contributed by atoms with Crippen molar-refractivity contribution in [1.29, 1.82) is 0 Å². The van der Waals surface area contributed by atoms with E-state index in [0.717, 1.165) is 5.56 Å². The summed E-state index contributed by atoms with van der Waals surface area (Å²) in [5, 5.41) is 5.98. The lowest BCUT2D eigenvalue weighted by molar-refractivity contribution is 0.218. The van der Waals surface area contributed by atoms with Crippen molar-refractivity contribution in [2.45, 2.75) is 33.1 Å². The van der Waals surface area contributed by atoms with Crippen LogP contribution in [0.2, 0.25) is 0 Å². The summed E-state index contributed by atoms with van der Waals surface area (Å²) in [6.07, 6.45) is 0. The van der Waals surface area contributed by atoms with Gasteiger partial charge >= 0.3 is 6.03 Å². The molecule has 7 heteroatoms. The smallest absolute Gasteiger partial charge is 0.316 e. The molecule has 0 unspecified atom stereocenters. The molecule has 1 rings (SSSR count). The number of nitrogens with one attached hydrogen (secondary N) is 2. The zero-order valence-electron chi connectivity index (χ0n) is 13.7. The van der Waals surface area contributed by atoms with Gasteiger partial charge in [0.25, 0.3) is 0 Å². The third-order valence-electron chi connectivity index (χ3n) is 2.95. The van der Waals surface area contributed by atoms with Crippen LogP contribution in [0.4, 0.5) is 16.4 Å². The average molecular weight is 294 g/mol. The molecule has 0 aliphatic carbocycles. The number of nitrogens with two attached hydrogens (primary N) is 1. The normalized spacial score (nSPS) is 11.1. The highest BCUT2D eigenvalue weighted by molar-refractivity contribution is 5.73.